The molecule has 9 nitrogen and oxygen atoms in total. The van der Waals surface area contributed by atoms with E-state index in [2.05, 4.69) is 10.3 Å². The predicted molar refractivity (Wildman–Crippen MR) is 130 cm³/mol. The zero-order valence-corrected chi connectivity index (χ0v) is 19.0. The molecule has 0 unspecified atom stereocenters. The highest BCUT2D eigenvalue weighted by Crippen LogP contribution is 2.29. The SMILES string of the molecule is COc1ccc([N+](=O)[O-])c(NC(=O)COC(=O)c2cc(-c3ccc(C)cc3)nc3ccccc23)c1. The lowest BCUT2D eigenvalue weighted by atomic mass is 10.0. The van der Waals surface area contributed by atoms with Crippen molar-refractivity contribution < 1.29 is 24.0 Å². The first-order valence-corrected chi connectivity index (χ1v) is 10.6. The molecule has 0 aliphatic heterocycles. The van der Waals surface area contributed by atoms with Crippen molar-refractivity contribution in [1.82, 2.24) is 4.98 Å². The predicted octanol–water partition coefficient (Wildman–Crippen LogP) is 4.92. The van der Waals surface area contributed by atoms with E-state index >= 15 is 0 Å². The zero-order chi connectivity index (χ0) is 24.9. The summed E-state index contributed by atoms with van der Waals surface area (Å²) in [5, 5.41) is 14.3. The Labute approximate surface area is 200 Å². The first kappa shape index (κ1) is 23.4. The van der Waals surface area contributed by atoms with E-state index in [4.69, 9.17) is 9.47 Å². The summed E-state index contributed by atoms with van der Waals surface area (Å²) in [5.41, 5.74) is 3.00. The van der Waals surface area contributed by atoms with Crippen LogP contribution in [0, 0.1) is 17.0 Å². The molecular formula is C26H21N3O6. The van der Waals surface area contributed by atoms with Crippen molar-refractivity contribution in [2.45, 2.75) is 6.92 Å². The molecule has 0 aliphatic carbocycles. The van der Waals surface area contributed by atoms with Gasteiger partial charge in [0.05, 0.1) is 28.8 Å². The van der Waals surface area contributed by atoms with E-state index in [-0.39, 0.29) is 16.9 Å². The number of ether oxygens (including phenoxy) is 2. The van der Waals surface area contributed by atoms with Crippen molar-refractivity contribution in [3.05, 3.63) is 94.0 Å². The fraction of sp³-hybridized carbons (Fsp3) is 0.115. The highest BCUT2D eigenvalue weighted by molar-refractivity contribution is 6.05. The lowest BCUT2D eigenvalue weighted by molar-refractivity contribution is -0.383. The number of carbonyl (C=O) groups excluding carboxylic acids is 2. The number of anilines is 1. The van der Waals surface area contributed by atoms with E-state index in [9.17, 15) is 19.7 Å². The van der Waals surface area contributed by atoms with Gasteiger partial charge in [0.1, 0.15) is 11.4 Å². The molecule has 0 spiro atoms. The van der Waals surface area contributed by atoms with E-state index < -0.39 is 23.4 Å². The van der Waals surface area contributed by atoms with Crippen molar-refractivity contribution in [1.29, 1.82) is 0 Å². The molecule has 9 heteroatoms. The van der Waals surface area contributed by atoms with Crippen LogP contribution in [0.2, 0.25) is 0 Å². The van der Waals surface area contributed by atoms with Crippen LogP contribution in [0.1, 0.15) is 15.9 Å². The third-order valence-electron chi connectivity index (χ3n) is 5.29. The minimum Gasteiger partial charge on any atom is -0.497 e. The zero-order valence-electron chi connectivity index (χ0n) is 19.0. The molecule has 0 bridgehead atoms. The van der Waals surface area contributed by atoms with Gasteiger partial charge in [-0.3, -0.25) is 14.9 Å². The third kappa shape index (κ3) is 5.25. The number of pyridine rings is 1. The first-order chi connectivity index (χ1) is 16.9. The summed E-state index contributed by atoms with van der Waals surface area (Å²) >= 11 is 0. The summed E-state index contributed by atoms with van der Waals surface area (Å²) < 4.78 is 10.3. The number of nitrogens with one attached hydrogen (secondary N) is 1. The second-order valence-electron chi connectivity index (χ2n) is 7.70. The number of nitrogens with zero attached hydrogens (tertiary/aromatic N) is 2. The van der Waals surface area contributed by atoms with Gasteiger partial charge in [-0.15, -0.1) is 0 Å². The molecule has 4 rings (SSSR count). The number of hydrogen-bond donors (Lipinski definition) is 1. The van der Waals surface area contributed by atoms with Crippen LogP contribution in [0.25, 0.3) is 22.2 Å². The summed E-state index contributed by atoms with van der Waals surface area (Å²) in [6.45, 7) is 1.34. The van der Waals surface area contributed by atoms with Gasteiger partial charge in [-0.05, 0) is 25.1 Å². The maximum atomic E-state index is 13.0. The Balaban J connectivity index is 1.56. The molecule has 0 saturated carbocycles. The van der Waals surface area contributed by atoms with Gasteiger partial charge in [0.15, 0.2) is 6.61 Å². The van der Waals surface area contributed by atoms with Crippen LogP contribution >= 0.6 is 0 Å². The van der Waals surface area contributed by atoms with Gasteiger partial charge in [-0.2, -0.15) is 0 Å². The number of amides is 1. The standard InChI is InChI=1S/C26H21N3O6/c1-16-7-9-17(10-8-16)22-14-20(19-5-3-4-6-21(19)27-22)26(31)35-15-25(30)28-23-13-18(34-2)11-12-24(23)29(32)33/h3-14H,15H2,1-2H3,(H,28,30). The van der Waals surface area contributed by atoms with E-state index in [0.29, 0.717) is 22.3 Å². The van der Waals surface area contributed by atoms with Crippen LogP contribution in [-0.2, 0) is 9.53 Å². The number of methoxy groups -OCH3 is 1. The molecule has 1 heterocycles. The number of nitro groups is 1. The summed E-state index contributed by atoms with van der Waals surface area (Å²) in [6.07, 6.45) is 0. The van der Waals surface area contributed by atoms with Crippen LogP contribution < -0.4 is 10.1 Å². The number of hydrogen-bond acceptors (Lipinski definition) is 7. The number of aryl methyl sites for hydroxylation is 1. The maximum Gasteiger partial charge on any atom is 0.339 e. The summed E-state index contributed by atoms with van der Waals surface area (Å²) in [4.78, 5) is 40.7. The van der Waals surface area contributed by atoms with Crippen molar-refractivity contribution in [2.75, 3.05) is 19.0 Å². The molecule has 176 valence electrons. The topological polar surface area (TPSA) is 121 Å². The number of rotatable bonds is 7. The van der Waals surface area contributed by atoms with E-state index in [1.54, 1.807) is 24.3 Å². The minimum absolute atomic E-state index is 0.0635. The molecule has 1 N–H and O–H groups in total. The van der Waals surface area contributed by atoms with Crippen molar-refractivity contribution >= 4 is 34.2 Å². The molecule has 35 heavy (non-hydrogen) atoms. The van der Waals surface area contributed by atoms with E-state index in [0.717, 1.165) is 11.1 Å². The van der Waals surface area contributed by atoms with Gasteiger partial charge in [-0.25, -0.2) is 9.78 Å². The molecule has 0 fully saturated rings. The number of benzene rings is 3. The summed E-state index contributed by atoms with van der Waals surface area (Å²) in [6, 6.07) is 20.4. The Morgan fingerprint density at radius 3 is 2.49 bits per heavy atom. The lowest BCUT2D eigenvalue weighted by Gasteiger charge is -2.11. The van der Waals surface area contributed by atoms with Gasteiger partial charge in [-0.1, -0.05) is 48.0 Å². The maximum absolute atomic E-state index is 13.0. The van der Waals surface area contributed by atoms with Gasteiger partial charge in [0, 0.05) is 23.1 Å². The minimum atomic E-state index is -0.730. The summed E-state index contributed by atoms with van der Waals surface area (Å²) in [7, 11) is 1.40. The molecule has 1 amide bonds. The molecule has 4 aromatic rings. The normalized spacial score (nSPS) is 10.6. The number of fused-ring (bicyclic) bond motifs is 1. The summed E-state index contributed by atoms with van der Waals surface area (Å²) in [5.74, 6) is -1.12. The van der Waals surface area contributed by atoms with Crippen LogP contribution in [0.3, 0.4) is 0 Å². The average molecular weight is 471 g/mol. The second kappa shape index (κ2) is 10.0. The first-order valence-electron chi connectivity index (χ1n) is 10.6. The number of nitro benzene ring substituents is 1. The Bertz CT molecular complexity index is 1430. The van der Waals surface area contributed by atoms with Crippen LogP contribution in [-0.4, -0.2) is 35.5 Å². The van der Waals surface area contributed by atoms with Crippen LogP contribution in [0.4, 0.5) is 11.4 Å². The number of para-hydroxylation sites is 1. The Morgan fingerprint density at radius 1 is 1.03 bits per heavy atom. The smallest absolute Gasteiger partial charge is 0.339 e. The molecular weight excluding hydrogens is 450 g/mol. The molecule has 0 radical (unpaired) electrons. The van der Waals surface area contributed by atoms with Crippen LogP contribution in [0.15, 0.2) is 72.8 Å². The Hall–Kier alpha value is -4.79. The monoisotopic (exact) mass is 471 g/mol. The van der Waals surface area contributed by atoms with Crippen molar-refractivity contribution in [3.8, 4) is 17.0 Å². The molecule has 0 aliphatic rings. The third-order valence-corrected chi connectivity index (χ3v) is 5.29. The molecule has 3 aromatic carbocycles. The van der Waals surface area contributed by atoms with Gasteiger partial charge in [0.2, 0.25) is 0 Å². The van der Waals surface area contributed by atoms with Gasteiger partial charge >= 0.3 is 5.97 Å². The molecule has 0 atom stereocenters. The van der Waals surface area contributed by atoms with Crippen LogP contribution in [0.5, 0.6) is 5.75 Å². The number of aromatic nitrogens is 1. The van der Waals surface area contributed by atoms with Gasteiger partial charge < -0.3 is 14.8 Å². The average Bonchev–Trinajstić information content (AvgIpc) is 2.86. The Morgan fingerprint density at radius 2 is 1.77 bits per heavy atom. The largest absolute Gasteiger partial charge is 0.497 e. The van der Waals surface area contributed by atoms with E-state index in [1.807, 2.05) is 37.3 Å². The lowest BCUT2D eigenvalue weighted by Crippen LogP contribution is -2.21. The highest BCUT2D eigenvalue weighted by atomic mass is 16.6. The molecule has 0 saturated heterocycles. The van der Waals surface area contributed by atoms with Crippen molar-refractivity contribution in [3.63, 3.8) is 0 Å². The highest BCUT2D eigenvalue weighted by Gasteiger charge is 2.20. The fourth-order valence-corrected chi connectivity index (χ4v) is 3.51. The Kier molecular flexibility index (Phi) is 6.68. The van der Waals surface area contributed by atoms with E-state index in [1.165, 1.54) is 25.3 Å². The fourth-order valence-electron chi connectivity index (χ4n) is 3.51. The van der Waals surface area contributed by atoms with Crippen molar-refractivity contribution in [2.24, 2.45) is 0 Å². The number of esters is 1. The van der Waals surface area contributed by atoms with Gasteiger partial charge in [0.25, 0.3) is 11.6 Å². The second-order valence-corrected chi connectivity index (χ2v) is 7.70. The quantitative estimate of drug-likeness (QED) is 0.231. The molecule has 1 aromatic heterocycles. The number of carbonyl (C=O) groups is 2.